The highest BCUT2D eigenvalue weighted by Gasteiger charge is 2.32. The Bertz CT molecular complexity index is 1610. The molecule has 1 saturated carbocycles. The summed E-state index contributed by atoms with van der Waals surface area (Å²) in [6.07, 6.45) is 7.36. The monoisotopic (exact) mass is 640 g/mol. The van der Waals surface area contributed by atoms with E-state index in [4.69, 9.17) is 18.9 Å². The Morgan fingerprint density at radius 1 is 0.848 bits per heavy atom. The van der Waals surface area contributed by atoms with Gasteiger partial charge >= 0.3 is 0 Å². The van der Waals surface area contributed by atoms with Crippen LogP contribution in [0.4, 0.5) is 0 Å². The van der Waals surface area contributed by atoms with E-state index in [9.17, 15) is 4.79 Å². The SMILES string of the molecule is COc1ccc2c(C(=O)c3ccc(O[C@@H]4CCCC[C@H]4N4CCOCC4)cc3)c(-c3ccc(OCCN4CCCC4)cc3)sc2c1. The molecule has 242 valence electrons. The number of nitrogens with zero attached hydrogens (tertiary/aromatic N) is 2. The molecule has 0 spiro atoms. The van der Waals surface area contributed by atoms with E-state index in [1.807, 2.05) is 54.6 Å². The Morgan fingerprint density at radius 3 is 2.33 bits per heavy atom. The van der Waals surface area contributed by atoms with Gasteiger partial charge in [0.05, 0.1) is 20.3 Å². The van der Waals surface area contributed by atoms with Crippen LogP contribution in [0.3, 0.4) is 0 Å². The highest BCUT2D eigenvalue weighted by Crippen LogP contribution is 2.42. The number of likely N-dealkylation sites (tertiary alicyclic amines) is 1. The molecule has 2 atom stereocenters. The van der Waals surface area contributed by atoms with Crippen LogP contribution in [0.1, 0.15) is 54.4 Å². The molecule has 8 heteroatoms. The van der Waals surface area contributed by atoms with Gasteiger partial charge in [-0.15, -0.1) is 11.3 Å². The number of carbonyl (C=O) groups is 1. The number of benzene rings is 3. The van der Waals surface area contributed by atoms with E-state index in [2.05, 4.69) is 21.9 Å². The van der Waals surface area contributed by atoms with Crippen LogP contribution in [0.15, 0.2) is 66.7 Å². The second kappa shape index (κ2) is 14.6. The number of morpholine rings is 1. The molecule has 1 aromatic heterocycles. The van der Waals surface area contributed by atoms with E-state index in [1.54, 1.807) is 18.4 Å². The number of ether oxygens (including phenoxy) is 4. The lowest BCUT2D eigenvalue weighted by molar-refractivity contribution is -0.0281. The summed E-state index contributed by atoms with van der Waals surface area (Å²) in [6, 6.07) is 22.3. The quantitative estimate of drug-likeness (QED) is 0.159. The molecule has 3 heterocycles. The largest absolute Gasteiger partial charge is 0.497 e. The molecule has 1 aliphatic carbocycles. The van der Waals surface area contributed by atoms with Crippen LogP contribution in [0.25, 0.3) is 20.5 Å². The highest BCUT2D eigenvalue weighted by molar-refractivity contribution is 7.22. The molecule has 4 aromatic rings. The number of carbonyl (C=O) groups excluding carboxylic acids is 1. The molecule has 0 N–H and O–H groups in total. The van der Waals surface area contributed by atoms with Gasteiger partial charge in [-0.2, -0.15) is 0 Å². The fraction of sp³-hybridized carbons (Fsp3) is 0.447. The molecule has 0 bridgehead atoms. The first kappa shape index (κ1) is 31.2. The van der Waals surface area contributed by atoms with Gasteiger partial charge in [0.2, 0.25) is 0 Å². The molecule has 2 saturated heterocycles. The van der Waals surface area contributed by atoms with Crippen molar-refractivity contribution in [3.63, 3.8) is 0 Å². The summed E-state index contributed by atoms with van der Waals surface area (Å²) in [4.78, 5) is 20.2. The smallest absolute Gasteiger partial charge is 0.195 e. The predicted octanol–water partition coefficient (Wildman–Crippen LogP) is 7.30. The maximum atomic E-state index is 14.3. The topological polar surface area (TPSA) is 60.5 Å². The third-order valence-corrected chi connectivity index (χ3v) is 10.9. The zero-order valence-electron chi connectivity index (χ0n) is 26.7. The predicted molar refractivity (Wildman–Crippen MR) is 184 cm³/mol. The van der Waals surface area contributed by atoms with Crippen molar-refractivity contribution < 1.29 is 23.7 Å². The molecule has 7 rings (SSSR count). The van der Waals surface area contributed by atoms with Gasteiger partial charge in [-0.25, -0.2) is 0 Å². The van der Waals surface area contributed by atoms with Crippen LogP contribution in [-0.2, 0) is 4.74 Å². The fourth-order valence-corrected chi connectivity index (χ4v) is 8.41. The summed E-state index contributed by atoms with van der Waals surface area (Å²) < 4.78 is 24.8. The molecule has 0 unspecified atom stereocenters. The summed E-state index contributed by atoms with van der Waals surface area (Å²) in [5.41, 5.74) is 2.37. The lowest BCUT2D eigenvalue weighted by atomic mass is 9.91. The number of ketones is 1. The van der Waals surface area contributed by atoms with E-state index in [1.165, 1.54) is 38.8 Å². The summed E-state index contributed by atoms with van der Waals surface area (Å²) in [7, 11) is 1.67. The van der Waals surface area contributed by atoms with E-state index in [0.29, 0.717) is 18.2 Å². The van der Waals surface area contributed by atoms with Gasteiger partial charge in [0.25, 0.3) is 0 Å². The second-order valence-electron chi connectivity index (χ2n) is 12.6. The summed E-state index contributed by atoms with van der Waals surface area (Å²) in [5.74, 6) is 2.46. The Kier molecular flexibility index (Phi) is 9.86. The number of thiophene rings is 1. The van der Waals surface area contributed by atoms with Crippen molar-refractivity contribution in [1.82, 2.24) is 9.80 Å². The third kappa shape index (κ3) is 6.95. The average Bonchev–Trinajstić information content (AvgIpc) is 3.77. The lowest BCUT2D eigenvalue weighted by Crippen LogP contribution is -2.52. The van der Waals surface area contributed by atoms with Crippen molar-refractivity contribution in [1.29, 1.82) is 0 Å². The van der Waals surface area contributed by atoms with E-state index >= 15 is 0 Å². The molecule has 7 nitrogen and oxygen atoms in total. The minimum atomic E-state index is 0.00719. The van der Waals surface area contributed by atoms with Crippen molar-refractivity contribution in [2.75, 3.05) is 59.7 Å². The van der Waals surface area contributed by atoms with E-state index in [-0.39, 0.29) is 11.9 Å². The summed E-state index contributed by atoms with van der Waals surface area (Å²) >= 11 is 1.62. The fourth-order valence-electron chi connectivity index (χ4n) is 7.18. The van der Waals surface area contributed by atoms with Gasteiger partial charge in [0, 0.05) is 51.8 Å². The molecule has 0 amide bonds. The lowest BCUT2D eigenvalue weighted by Gasteiger charge is -2.41. The maximum absolute atomic E-state index is 14.3. The van der Waals surface area contributed by atoms with Crippen molar-refractivity contribution in [2.24, 2.45) is 0 Å². The normalized spacial score (nSPS) is 21.0. The van der Waals surface area contributed by atoms with Crippen molar-refractivity contribution in [3.8, 4) is 27.7 Å². The van der Waals surface area contributed by atoms with Gasteiger partial charge < -0.3 is 18.9 Å². The standard InChI is InChI=1S/C38H44N2O5S/c1-42-31-16-17-32-35(26-31)46-38(28-10-12-29(13-11-28)44-25-20-39-18-4-5-19-39)36(32)37(41)27-8-14-30(15-9-27)45-34-7-3-2-6-33(34)40-21-23-43-24-22-40/h8-17,26,33-34H,2-7,18-25H2,1H3/t33-,34-/m1/s1. The van der Waals surface area contributed by atoms with Crippen LogP contribution < -0.4 is 14.2 Å². The van der Waals surface area contributed by atoms with Crippen LogP contribution in [0.2, 0.25) is 0 Å². The number of fused-ring (bicyclic) bond motifs is 1. The Morgan fingerprint density at radius 2 is 1.57 bits per heavy atom. The summed E-state index contributed by atoms with van der Waals surface area (Å²) in [5, 5.41) is 0.938. The van der Waals surface area contributed by atoms with Crippen molar-refractivity contribution >= 4 is 27.2 Å². The first-order chi connectivity index (χ1) is 22.7. The van der Waals surface area contributed by atoms with Gasteiger partial charge in [0.15, 0.2) is 5.78 Å². The van der Waals surface area contributed by atoms with Gasteiger partial charge in [0.1, 0.15) is 30.0 Å². The van der Waals surface area contributed by atoms with Crippen LogP contribution >= 0.6 is 11.3 Å². The van der Waals surface area contributed by atoms with Gasteiger partial charge in [-0.05, 0) is 117 Å². The summed E-state index contributed by atoms with van der Waals surface area (Å²) in [6.45, 7) is 7.50. The zero-order chi connectivity index (χ0) is 31.3. The van der Waals surface area contributed by atoms with Gasteiger partial charge in [-0.3, -0.25) is 14.6 Å². The van der Waals surface area contributed by atoms with Crippen molar-refractivity contribution in [3.05, 3.63) is 77.9 Å². The van der Waals surface area contributed by atoms with Crippen LogP contribution in [0, 0.1) is 0 Å². The third-order valence-electron chi connectivity index (χ3n) is 9.70. The first-order valence-corrected chi connectivity index (χ1v) is 17.7. The van der Waals surface area contributed by atoms with E-state index in [0.717, 1.165) is 89.0 Å². The van der Waals surface area contributed by atoms with Gasteiger partial charge in [-0.1, -0.05) is 6.42 Å². The number of hydrogen-bond acceptors (Lipinski definition) is 8. The molecule has 3 aromatic carbocycles. The van der Waals surface area contributed by atoms with Crippen LogP contribution in [-0.4, -0.2) is 87.4 Å². The Balaban J connectivity index is 1.10. The molecule has 0 radical (unpaired) electrons. The molecule has 2 aliphatic heterocycles. The van der Waals surface area contributed by atoms with Crippen LogP contribution in [0.5, 0.6) is 17.2 Å². The van der Waals surface area contributed by atoms with Crippen molar-refractivity contribution in [2.45, 2.75) is 50.7 Å². The molecular weight excluding hydrogens is 596 g/mol. The first-order valence-electron chi connectivity index (χ1n) is 16.9. The zero-order valence-corrected chi connectivity index (χ0v) is 27.6. The molecule has 3 aliphatic rings. The molecular formula is C38H44N2O5S. The minimum Gasteiger partial charge on any atom is -0.497 e. The number of methoxy groups -OCH3 is 1. The highest BCUT2D eigenvalue weighted by atomic mass is 32.1. The maximum Gasteiger partial charge on any atom is 0.195 e. The second-order valence-corrected chi connectivity index (χ2v) is 13.7. The number of hydrogen-bond donors (Lipinski definition) is 0. The Hall–Kier alpha value is -3.43. The number of rotatable bonds is 11. The Labute approximate surface area is 276 Å². The minimum absolute atomic E-state index is 0.00719. The molecule has 3 fully saturated rings. The average molecular weight is 641 g/mol. The van der Waals surface area contributed by atoms with E-state index < -0.39 is 0 Å². The molecule has 46 heavy (non-hydrogen) atoms.